The topological polar surface area (TPSA) is 138 Å². The molecule has 0 saturated carbocycles. The maximum atomic E-state index is 10.0. The van der Waals surface area contributed by atoms with E-state index in [1.165, 1.54) is 0 Å². The van der Waals surface area contributed by atoms with Crippen LogP contribution in [0.5, 0.6) is 0 Å². The monoisotopic (exact) mass is 163 g/mol. The average molecular weight is 163 g/mol. The van der Waals surface area contributed by atoms with E-state index in [1.807, 2.05) is 0 Å². The molecule has 7 heteroatoms. The van der Waals surface area contributed by atoms with Gasteiger partial charge in [-0.15, -0.1) is 0 Å². The van der Waals surface area contributed by atoms with Gasteiger partial charge < -0.3 is 15.3 Å². The van der Waals surface area contributed by atoms with Crippen molar-refractivity contribution in [3.05, 3.63) is 0 Å². The molecule has 0 aliphatic heterocycles. The summed E-state index contributed by atoms with van der Waals surface area (Å²) in [5.74, 6) is -6.34. The maximum Gasteiger partial charge on any atom is 0.347 e. The Bertz CT molecular complexity index is 185. The third kappa shape index (κ3) is 1.27. The normalized spacial score (nSPS) is 10.6. The van der Waals surface area contributed by atoms with Gasteiger partial charge in [-0.1, -0.05) is 0 Å². The molecule has 0 aliphatic rings. The fraction of sp³-hybridized carbons (Fsp3) is 0.250. The van der Waals surface area contributed by atoms with Gasteiger partial charge in [0.05, 0.1) is 0 Å². The molecule has 5 N–H and O–H groups in total. The fourth-order valence-corrected chi connectivity index (χ4v) is 0.274. The first-order valence-corrected chi connectivity index (χ1v) is 2.32. The molecular weight excluding hydrogens is 158 g/mol. The molecule has 0 radical (unpaired) electrons. The summed E-state index contributed by atoms with van der Waals surface area (Å²) >= 11 is 0. The maximum absolute atomic E-state index is 10.0. The zero-order valence-electron chi connectivity index (χ0n) is 5.14. The Hall–Kier alpha value is -1.63. The second kappa shape index (κ2) is 2.54. The number of rotatable bonds is 3. The van der Waals surface area contributed by atoms with Gasteiger partial charge in [-0.05, 0) is 0 Å². The van der Waals surface area contributed by atoms with E-state index in [-0.39, 0.29) is 0 Å². The lowest BCUT2D eigenvalue weighted by atomic mass is 10.0. The zero-order chi connectivity index (χ0) is 9.23. The molecule has 0 saturated heterocycles. The predicted octanol–water partition coefficient (Wildman–Crippen LogP) is -2.06. The SMILES string of the molecule is NC(C(=O)O)(C(=O)O)C(=O)O. The molecule has 0 atom stereocenters. The number of carboxylic acid groups (broad SMARTS) is 3. The second-order valence-electron chi connectivity index (χ2n) is 1.72. The van der Waals surface area contributed by atoms with Crippen molar-refractivity contribution >= 4 is 17.9 Å². The molecular formula is C4H5NO6. The summed E-state index contributed by atoms with van der Waals surface area (Å²) in [5.41, 5.74) is 1.28. The summed E-state index contributed by atoms with van der Waals surface area (Å²) < 4.78 is 0. The van der Waals surface area contributed by atoms with Crippen molar-refractivity contribution in [2.45, 2.75) is 5.54 Å². The largest absolute Gasteiger partial charge is 0.479 e. The Labute approximate surface area is 60.0 Å². The Morgan fingerprint density at radius 2 is 1.09 bits per heavy atom. The first-order valence-electron chi connectivity index (χ1n) is 2.32. The van der Waals surface area contributed by atoms with E-state index in [0.717, 1.165) is 0 Å². The van der Waals surface area contributed by atoms with Crippen molar-refractivity contribution in [3.8, 4) is 0 Å². The lowest BCUT2D eigenvalue weighted by Crippen LogP contribution is -2.61. The van der Waals surface area contributed by atoms with Gasteiger partial charge >= 0.3 is 23.4 Å². The van der Waals surface area contributed by atoms with Crippen LogP contribution in [0.25, 0.3) is 0 Å². The van der Waals surface area contributed by atoms with Crippen molar-refractivity contribution < 1.29 is 29.7 Å². The van der Waals surface area contributed by atoms with E-state index in [4.69, 9.17) is 15.3 Å². The molecule has 0 aromatic carbocycles. The first-order chi connectivity index (χ1) is 4.83. The van der Waals surface area contributed by atoms with Crippen LogP contribution in [0, 0.1) is 0 Å². The second-order valence-corrected chi connectivity index (χ2v) is 1.72. The van der Waals surface area contributed by atoms with Gasteiger partial charge in [0.25, 0.3) is 0 Å². The smallest absolute Gasteiger partial charge is 0.347 e. The Kier molecular flexibility index (Phi) is 2.17. The molecule has 0 aromatic heterocycles. The van der Waals surface area contributed by atoms with E-state index < -0.39 is 23.4 Å². The summed E-state index contributed by atoms with van der Waals surface area (Å²) in [7, 11) is 0. The van der Waals surface area contributed by atoms with Gasteiger partial charge in [-0.25, -0.2) is 14.4 Å². The number of hydrogen-bond acceptors (Lipinski definition) is 4. The van der Waals surface area contributed by atoms with Gasteiger partial charge in [0.1, 0.15) is 0 Å². The fourth-order valence-electron chi connectivity index (χ4n) is 0.274. The van der Waals surface area contributed by atoms with Crippen LogP contribution in [0.15, 0.2) is 0 Å². The highest BCUT2D eigenvalue weighted by atomic mass is 16.4. The summed E-state index contributed by atoms with van der Waals surface area (Å²) in [6.07, 6.45) is 0. The van der Waals surface area contributed by atoms with E-state index in [0.29, 0.717) is 0 Å². The highest BCUT2D eigenvalue weighted by Crippen LogP contribution is 2.00. The molecule has 0 spiro atoms. The van der Waals surface area contributed by atoms with Gasteiger partial charge in [0.2, 0.25) is 0 Å². The van der Waals surface area contributed by atoms with Crippen LogP contribution in [-0.4, -0.2) is 38.8 Å². The van der Waals surface area contributed by atoms with Crippen LogP contribution in [0.1, 0.15) is 0 Å². The van der Waals surface area contributed by atoms with Crippen molar-refractivity contribution in [2.75, 3.05) is 0 Å². The lowest BCUT2D eigenvalue weighted by molar-refractivity contribution is -0.166. The zero-order valence-corrected chi connectivity index (χ0v) is 5.14. The first kappa shape index (κ1) is 9.37. The lowest BCUT2D eigenvalue weighted by Gasteiger charge is -2.12. The number of hydrogen-bond donors (Lipinski definition) is 4. The molecule has 0 aromatic rings. The van der Waals surface area contributed by atoms with E-state index in [1.54, 1.807) is 0 Å². The standard InChI is InChI=1S/C4H5NO6/c5-4(1(6)7,2(8)9)3(10)11/h5H2,(H,6,7)(H,8,9)(H,10,11). The van der Waals surface area contributed by atoms with Crippen LogP contribution < -0.4 is 5.73 Å². The van der Waals surface area contributed by atoms with Crippen molar-refractivity contribution in [1.29, 1.82) is 0 Å². The molecule has 0 amide bonds. The van der Waals surface area contributed by atoms with Gasteiger partial charge in [-0.3, -0.25) is 5.73 Å². The minimum absolute atomic E-state index is 2.11. The highest BCUT2D eigenvalue weighted by molar-refractivity contribution is 6.21. The molecule has 0 rings (SSSR count). The summed E-state index contributed by atoms with van der Waals surface area (Å²) in [6.45, 7) is 0. The minimum Gasteiger partial charge on any atom is -0.479 e. The van der Waals surface area contributed by atoms with E-state index in [2.05, 4.69) is 5.73 Å². The van der Waals surface area contributed by atoms with Crippen LogP contribution >= 0.6 is 0 Å². The summed E-state index contributed by atoms with van der Waals surface area (Å²) in [6, 6.07) is 0. The van der Waals surface area contributed by atoms with Gasteiger partial charge in [0, 0.05) is 0 Å². The molecule has 0 unspecified atom stereocenters. The molecule has 0 bridgehead atoms. The van der Waals surface area contributed by atoms with Crippen molar-refractivity contribution in [3.63, 3.8) is 0 Å². The summed E-state index contributed by atoms with van der Waals surface area (Å²) in [5, 5.41) is 24.3. The molecule has 62 valence electrons. The quantitative estimate of drug-likeness (QED) is 0.351. The number of carboxylic acids is 3. The molecule has 7 nitrogen and oxygen atoms in total. The van der Waals surface area contributed by atoms with Crippen LogP contribution in [0.2, 0.25) is 0 Å². The molecule has 0 heterocycles. The number of carbonyl (C=O) groups is 3. The average Bonchev–Trinajstić information content (AvgIpc) is 1.84. The van der Waals surface area contributed by atoms with Crippen LogP contribution in [0.4, 0.5) is 0 Å². The Balaban J connectivity index is 4.99. The minimum atomic E-state index is -3.25. The summed E-state index contributed by atoms with van der Waals surface area (Å²) in [4.78, 5) is 30.1. The molecule has 11 heavy (non-hydrogen) atoms. The van der Waals surface area contributed by atoms with E-state index in [9.17, 15) is 14.4 Å². The van der Waals surface area contributed by atoms with Gasteiger partial charge in [0.15, 0.2) is 0 Å². The predicted molar refractivity (Wildman–Crippen MR) is 29.8 cm³/mol. The Morgan fingerprint density at radius 1 is 0.909 bits per heavy atom. The van der Waals surface area contributed by atoms with Crippen LogP contribution in [-0.2, 0) is 14.4 Å². The molecule has 0 aliphatic carbocycles. The molecule has 0 fully saturated rings. The highest BCUT2D eigenvalue weighted by Gasteiger charge is 2.50. The Morgan fingerprint density at radius 3 is 1.09 bits per heavy atom. The third-order valence-corrected chi connectivity index (χ3v) is 1.01. The van der Waals surface area contributed by atoms with Crippen molar-refractivity contribution in [1.82, 2.24) is 0 Å². The van der Waals surface area contributed by atoms with Crippen molar-refractivity contribution in [2.24, 2.45) is 5.73 Å². The van der Waals surface area contributed by atoms with Gasteiger partial charge in [-0.2, -0.15) is 0 Å². The third-order valence-electron chi connectivity index (χ3n) is 1.01. The van der Waals surface area contributed by atoms with Crippen LogP contribution in [0.3, 0.4) is 0 Å². The number of aliphatic carboxylic acids is 3. The van der Waals surface area contributed by atoms with E-state index >= 15 is 0 Å². The number of nitrogens with two attached hydrogens (primary N) is 1.